The van der Waals surface area contributed by atoms with E-state index < -0.39 is 23.7 Å². The van der Waals surface area contributed by atoms with Crippen LogP contribution in [0.5, 0.6) is 0 Å². The van der Waals surface area contributed by atoms with Crippen molar-refractivity contribution in [3.8, 4) is 0 Å². The van der Waals surface area contributed by atoms with Crippen LogP contribution < -0.4 is 0 Å². The van der Waals surface area contributed by atoms with Crippen molar-refractivity contribution in [1.29, 1.82) is 0 Å². The lowest BCUT2D eigenvalue weighted by Crippen LogP contribution is -2.31. The molecular weight excluding hydrogens is 436 g/mol. The molecule has 0 saturated carbocycles. The third-order valence-corrected chi connectivity index (χ3v) is 6.09. The number of aromatic amines is 1. The van der Waals surface area contributed by atoms with Crippen molar-refractivity contribution in [1.82, 2.24) is 19.4 Å². The molecule has 4 rings (SSSR count). The number of nitrogens with zero attached hydrogens (tertiary/aromatic N) is 3. The molecule has 0 radical (unpaired) electrons. The fourth-order valence-corrected chi connectivity index (χ4v) is 4.48. The lowest BCUT2D eigenvalue weighted by atomic mass is 9.94. The zero-order valence-electron chi connectivity index (χ0n) is 19.2. The van der Waals surface area contributed by atoms with Gasteiger partial charge in [-0.25, -0.2) is 9.78 Å². The molecule has 2 N–H and O–H groups in total. The molecule has 9 nitrogen and oxygen atoms in total. The average Bonchev–Trinajstić information content (AvgIpc) is 3.52. The number of carbonyl (C=O) groups excluding carboxylic acids is 3. The van der Waals surface area contributed by atoms with Crippen LogP contribution >= 0.6 is 0 Å². The van der Waals surface area contributed by atoms with E-state index in [4.69, 9.17) is 4.74 Å². The van der Waals surface area contributed by atoms with Crippen molar-refractivity contribution in [2.45, 2.75) is 32.9 Å². The number of hydrogen-bond donors (Lipinski definition) is 2. The number of benzene rings is 1. The lowest BCUT2D eigenvalue weighted by Gasteiger charge is -2.25. The number of H-pyrrole nitrogens is 1. The Bertz CT molecular complexity index is 1260. The minimum absolute atomic E-state index is 0.000414. The molecule has 3 aromatic rings. The second-order valence-electron chi connectivity index (χ2n) is 8.17. The first-order chi connectivity index (χ1) is 16.3. The van der Waals surface area contributed by atoms with Crippen LogP contribution in [-0.4, -0.2) is 55.9 Å². The number of rotatable bonds is 7. The number of nitrogens with one attached hydrogen (secondary N) is 1. The number of aryl methyl sites for hydroxylation is 2. The summed E-state index contributed by atoms with van der Waals surface area (Å²) >= 11 is 0. The summed E-state index contributed by atoms with van der Waals surface area (Å²) in [7, 11) is 1.27. The number of methoxy groups -OCH3 is 1. The quantitative estimate of drug-likeness (QED) is 0.241. The Hall–Kier alpha value is -4.14. The molecule has 1 amide bonds. The molecular formula is C25H26N4O5. The average molecular weight is 463 g/mol. The van der Waals surface area contributed by atoms with Gasteiger partial charge in [0.15, 0.2) is 0 Å². The maximum absolute atomic E-state index is 13.2. The van der Waals surface area contributed by atoms with Crippen LogP contribution in [0.2, 0.25) is 0 Å². The first-order valence-electron chi connectivity index (χ1n) is 10.9. The van der Waals surface area contributed by atoms with Gasteiger partial charge in [-0.15, -0.1) is 0 Å². The van der Waals surface area contributed by atoms with Crippen molar-refractivity contribution in [3.63, 3.8) is 0 Å². The molecule has 1 aromatic carbocycles. The van der Waals surface area contributed by atoms with Gasteiger partial charge < -0.3 is 24.3 Å². The van der Waals surface area contributed by atoms with Gasteiger partial charge in [0.2, 0.25) is 0 Å². The second kappa shape index (κ2) is 9.38. The molecule has 0 aliphatic carbocycles. The van der Waals surface area contributed by atoms with Crippen molar-refractivity contribution < 1.29 is 24.2 Å². The maximum atomic E-state index is 13.2. The van der Waals surface area contributed by atoms with Gasteiger partial charge in [0.25, 0.3) is 11.7 Å². The van der Waals surface area contributed by atoms with Crippen LogP contribution in [0.15, 0.2) is 54.6 Å². The van der Waals surface area contributed by atoms with Crippen LogP contribution in [0.25, 0.3) is 5.76 Å². The molecule has 9 heteroatoms. The highest BCUT2D eigenvalue weighted by Crippen LogP contribution is 2.40. The maximum Gasteiger partial charge on any atom is 0.354 e. The number of carbonyl (C=O) groups is 3. The molecule has 34 heavy (non-hydrogen) atoms. The third-order valence-electron chi connectivity index (χ3n) is 6.09. The number of hydrogen-bond acceptors (Lipinski definition) is 6. The minimum Gasteiger partial charge on any atom is -0.507 e. The van der Waals surface area contributed by atoms with E-state index in [0.717, 1.165) is 0 Å². The number of ketones is 1. The summed E-state index contributed by atoms with van der Waals surface area (Å²) in [4.78, 5) is 46.9. The fraction of sp³-hybridized carbons (Fsp3) is 0.280. The summed E-state index contributed by atoms with van der Waals surface area (Å²) in [6.07, 6.45) is 5.81. The highest BCUT2D eigenvalue weighted by Gasteiger charge is 2.46. The number of ether oxygens (including phenoxy) is 1. The van der Waals surface area contributed by atoms with Crippen molar-refractivity contribution in [2.75, 3.05) is 13.7 Å². The van der Waals surface area contributed by atoms with Gasteiger partial charge in [-0.05, 0) is 31.4 Å². The third kappa shape index (κ3) is 4.00. The van der Waals surface area contributed by atoms with Gasteiger partial charge in [-0.2, -0.15) is 0 Å². The smallest absolute Gasteiger partial charge is 0.354 e. The minimum atomic E-state index is -0.756. The van der Waals surface area contributed by atoms with Crippen LogP contribution in [-0.2, 0) is 20.9 Å². The molecule has 0 spiro atoms. The Kier molecular flexibility index (Phi) is 6.36. The van der Waals surface area contributed by atoms with Gasteiger partial charge >= 0.3 is 5.97 Å². The summed E-state index contributed by atoms with van der Waals surface area (Å²) in [5.41, 5.74) is 2.16. The number of aliphatic hydroxyl groups is 1. The molecule has 176 valence electrons. The number of esters is 1. The first kappa shape index (κ1) is 23.0. The van der Waals surface area contributed by atoms with Gasteiger partial charge in [0.1, 0.15) is 11.5 Å². The van der Waals surface area contributed by atoms with E-state index in [1.54, 1.807) is 26.4 Å². The molecule has 1 aliphatic rings. The number of aliphatic hydroxyl groups excluding tert-OH is 1. The van der Waals surface area contributed by atoms with Crippen LogP contribution in [0.1, 0.15) is 45.3 Å². The van der Waals surface area contributed by atoms with E-state index in [0.29, 0.717) is 41.9 Å². The summed E-state index contributed by atoms with van der Waals surface area (Å²) in [6.45, 7) is 4.29. The van der Waals surface area contributed by atoms with Gasteiger partial charge in [0.05, 0.1) is 25.1 Å². The standard InChI is InChI=1S/C25H26N4O5/c1-15-18(16(2)27-20(15)25(33)34-3)22(30)19-21(17-8-5-4-6-9-17)29(24(32)23(19)31)12-7-11-28-13-10-26-14-28/h4-6,8-10,13-14,21,27,30H,7,11-12H2,1-3H3/t21-/m1/s1. The zero-order chi connectivity index (χ0) is 24.4. The topological polar surface area (TPSA) is 118 Å². The monoisotopic (exact) mass is 462 g/mol. The van der Waals surface area contributed by atoms with Crippen LogP contribution in [0.4, 0.5) is 0 Å². The first-order valence-corrected chi connectivity index (χ1v) is 10.9. The Morgan fingerprint density at radius 2 is 1.91 bits per heavy atom. The largest absolute Gasteiger partial charge is 0.507 e. The number of amides is 1. The van der Waals surface area contributed by atoms with Gasteiger partial charge in [-0.3, -0.25) is 9.59 Å². The number of aromatic nitrogens is 3. The Balaban J connectivity index is 1.78. The Labute approximate surface area is 196 Å². The molecule has 2 aromatic heterocycles. The molecule has 1 atom stereocenters. The van der Waals surface area contributed by atoms with Gasteiger partial charge in [-0.1, -0.05) is 30.3 Å². The number of imidazole rings is 1. The normalized spacial score (nSPS) is 17.4. The van der Waals surface area contributed by atoms with E-state index in [-0.39, 0.29) is 17.0 Å². The predicted molar refractivity (Wildman–Crippen MR) is 124 cm³/mol. The summed E-state index contributed by atoms with van der Waals surface area (Å²) in [5.74, 6) is -2.32. The fourth-order valence-electron chi connectivity index (χ4n) is 4.48. The number of likely N-dealkylation sites (tertiary alicyclic amines) is 1. The lowest BCUT2D eigenvalue weighted by molar-refractivity contribution is -0.139. The SMILES string of the molecule is COC(=O)c1[nH]c(C)c(C(O)=C2C(=O)C(=O)N(CCCn3ccnc3)[C@@H]2c2ccccc2)c1C. The second-order valence-corrected chi connectivity index (χ2v) is 8.17. The van der Waals surface area contributed by atoms with Crippen molar-refractivity contribution in [3.05, 3.63) is 82.7 Å². The molecule has 0 unspecified atom stereocenters. The van der Waals surface area contributed by atoms with Crippen LogP contribution in [0, 0.1) is 13.8 Å². The highest BCUT2D eigenvalue weighted by molar-refractivity contribution is 6.46. The number of Topliss-reactive ketones (excluding diaryl/α,β-unsaturated/α-hetero) is 1. The Morgan fingerprint density at radius 3 is 2.56 bits per heavy atom. The highest BCUT2D eigenvalue weighted by atomic mass is 16.5. The van der Waals surface area contributed by atoms with E-state index in [1.165, 1.54) is 12.0 Å². The molecule has 3 heterocycles. The predicted octanol–water partition coefficient (Wildman–Crippen LogP) is 3.13. The van der Waals surface area contributed by atoms with Crippen molar-refractivity contribution in [2.24, 2.45) is 0 Å². The van der Waals surface area contributed by atoms with Crippen molar-refractivity contribution >= 4 is 23.4 Å². The molecule has 1 saturated heterocycles. The van der Waals surface area contributed by atoms with E-state index >= 15 is 0 Å². The summed E-state index contributed by atoms with van der Waals surface area (Å²) in [5, 5.41) is 11.4. The molecule has 0 bridgehead atoms. The summed E-state index contributed by atoms with van der Waals surface area (Å²) < 4.78 is 6.71. The van der Waals surface area contributed by atoms with E-state index in [2.05, 4.69) is 9.97 Å². The Morgan fingerprint density at radius 1 is 1.18 bits per heavy atom. The van der Waals surface area contributed by atoms with E-state index in [1.807, 2.05) is 41.1 Å². The zero-order valence-corrected chi connectivity index (χ0v) is 19.2. The van der Waals surface area contributed by atoms with Gasteiger partial charge in [0, 0.05) is 36.7 Å². The molecule has 1 aliphatic heterocycles. The van der Waals surface area contributed by atoms with Crippen LogP contribution in [0.3, 0.4) is 0 Å². The molecule has 1 fully saturated rings. The van der Waals surface area contributed by atoms with E-state index in [9.17, 15) is 19.5 Å². The summed E-state index contributed by atoms with van der Waals surface area (Å²) in [6, 6.07) is 8.39.